The summed E-state index contributed by atoms with van der Waals surface area (Å²) in [6.45, 7) is 0.846. The van der Waals surface area contributed by atoms with E-state index in [0.29, 0.717) is 11.1 Å². The topological polar surface area (TPSA) is 35.8 Å². The SMILES string of the molecule is Cc1c(F)cc(-c2ccc([C@H]3[C@H](C#N)N[C@H]3CF)cc2)cc1F. The Morgan fingerprint density at radius 3 is 2.22 bits per heavy atom. The second-order valence-electron chi connectivity index (χ2n) is 5.75. The Morgan fingerprint density at radius 1 is 1.09 bits per heavy atom. The third kappa shape index (κ3) is 2.71. The summed E-state index contributed by atoms with van der Waals surface area (Å²) in [6.07, 6.45) is 0. The van der Waals surface area contributed by atoms with Crippen LogP contribution in [0, 0.1) is 29.9 Å². The van der Waals surface area contributed by atoms with Gasteiger partial charge in [0.1, 0.15) is 24.4 Å². The zero-order chi connectivity index (χ0) is 16.6. The van der Waals surface area contributed by atoms with E-state index in [1.807, 2.05) is 0 Å². The van der Waals surface area contributed by atoms with E-state index in [-0.39, 0.29) is 17.5 Å². The van der Waals surface area contributed by atoms with Crippen molar-refractivity contribution in [2.24, 2.45) is 0 Å². The number of nitrogens with zero attached hydrogens (tertiary/aromatic N) is 1. The molecule has 1 aliphatic heterocycles. The minimum absolute atomic E-state index is 0.00596. The molecule has 0 aliphatic carbocycles. The number of hydrogen-bond acceptors (Lipinski definition) is 2. The van der Waals surface area contributed by atoms with Gasteiger partial charge >= 0.3 is 0 Å². The minimum Gasteiger partial charge on any atom is -0.295 e. The monoisotopic (exact) mass is 316 g/mol. The number of nitriles is 1. The Labute approximate surface area is 132 Å². The summed E-state index contributed by atoms with van der Waals surface area (Å²) in [5, 5.41) is 11.9. The summed E-state index contributed by atoms with van der Waals surface area (Å²) >= 11 is 0. The molecule has 0 spiro atoms. The van der Waals surface area contributed by atoms with Crippen LogP contribution in [0.25, 0.3) is 11.1 Å². The molecule has 1 N–H and O–H groups in total. The zero-order valence-electron chi connectivity index (χ0n) is 12.5. The molecule has 0 saturated carbocycles. The molecule has 2 aromatic rings. The Kier molecular flexibility index (Phi) is 4.10. The molecule has 5 heteroatoms. The minimum atomic E-state index is -0.589. The number of nitrogens with one attached hydrogen (secondary N) is 1. The third-order valence-electron chi connectivity index (χ3n) is 4.40. The summed E-state index contributed by atoms with van der Waals surface area (Å²) in [4.78, 5) is 0. The van der Waals surface area contributed by atoms with Crippen LogP contribution >= 0.6 is 0 Å². The maximum atomic E-state index is 13.7. The fourth-order valence-electron chi connectivity index (χ4n) is 2.94. The molecule has 1 heterocycles. The summed E-state index contributed by atoms with van der Waals surface area (Å²) in [6, 6.07) is 11.0. The molecule has 1 saturated heterocycles. The quantitative estimate of drug-likeness (QED) is 0.933. The highest BCUT2D eigenvalue weighted by Gasteiger charge is 2.41. The van der Waals surface area contributed by atoms with E-state index < -0.39 is 24.4 Å². The first-order valence-corrected chi connectivity index (χ1v) is 7.32. The highest BCUT2D eigenvalue weighted by molar-refractivity contribution is 5.64. The van der Waals surface area contributed by atoms with E-state index in [0.717, 1.165) is 5.56 Å². The van der Waals surface area contributed by atoms with E-state index in [1.54, 1.807) is 24.3 Å². The lowest BCUT2D eigenvalue weighted by Gasteiger charge is -2.41. The largest absolute Gasteiger partial charge is 0.295 e. The molecule has 2 nitrogen and oxygen atoms in total. The zero-order valence-corrected chi connectivity index (χ0v) is 12.5. The van der Waals surface area contributed by atoms with Gasteiger partial charge in [-0.05, 0) is 35.7 Å². The first kappa shape index (κ1) is 15.6. The van der Waals surface area contributed by atoms with Crippen molar-refractivity contribution in [2.75, 3.05) is 6.67 Å². The molecule has 0 bridgehead atoms. The Bertz CT molecular complexity index is 742. The number of rotatable bonds is 3. The fourth-order valence-corrected chi connectivity index (χ4v) is 2.94. The molecule has 0 aromatic heterocycles. The van der Waals surface area contributed by atoms with Crippen LogP contribution in [0.3, 0.4) is 0 Å². The van der Waals surface area contributed by atoms with Gasteiger partial charge in [0.05, 0.1) is 6.07 Å². The number of halogens is 3. The molecule has 0 unspecified atom stereocenters. The van der Waals surface area contributed by atoms with Crippen molar-refractivity contribution in [3.63, 3.8) is 0 Å². The van der Waals surface area contributed by atoms with Crippen LogP contribution < -0.4 is 5.32 Å². The third-order valence-corrected chi connectivity index (χ3v) is 4.40. The van der Waals surface area contributed by atoms with Gasteiger partial charge in [-0.3, -0.25) is 5.32 Å². The highest BCUT2D eigenvalue weighted by Crippen LogP contribution is 2.33. The number of benzene rings is 2. The van der Waals surface area contributed by atoms with Crippen LogP contribution in [0.5, 0.6) is 0 Å². The number of alkyl halides is 1. The van der Waals surface area contributed by atoms with Gasteiger partial charge < -0.3 is 0 Å². The molecule has 1 aliphatic rings. The molecule has 1 fully saturated rings. The smallest absolute Gasteiger partial charge is 0.129 e. The van der Waals surface area contributed by atoms with Crippen LogP contribution in [-0.4, -0.2) is 18.8 Å². The van der Waals surface area contributed by atoms with Crippen molar-refractivity contribution in [1.82, 2.24) is 5.32 Å². The van der Waals surface area contributed by atoms with Gasteiger partial charge in [-0.15, -0.1) is 0 Å². The lowest BCUT2D eigenvalue weighted by Crippen LogP contribution is -2.59. The summed E-state index contributed by atoms with van der Waals surface area (Å²) in [5.41, 5.74) is 1.95. The van der Waals surface area contributed by atoms with Crippen molar-refractivity contribution >= 4 is 0 Å². The normalized spacial score (nSPS) is 23.2. The number of hydrogen-bond donors (Lipinski definition) is 1. The van der Waals surface area contributed by atoms with Crippen LogP contribution in [-0.2, 0) is 0 Å². The van der Waals surface area contributed by atoms with Crippen LogP contribution in [0.15, 0.2) is 36.4 Å². The molecule has 118 valence electrons. The van der Waals surface area contributed by atoms with Crippen molar-refractivity contribution in [3.8, 4) is 17.2 Å². The predicted octanol–water partition coefficient (Wildman–Crippen LogP) is 3.86. The lowest BCUT2D eigenvalue weighted by molar-refractivity contribution is 0.210. The van der Waals surface area contributed by atoms with E-state index >= 15 is 0 Å². The van der Waals surface area contributed by atoms with E-state index in [1.165, 1.54) is 19.1 Å². The maximum absolute atomic E-state index is 13.7. The molecule has 3 atom stereocenters. The average molecular weight is 316 g/mol. The van der Waals surface area contributed by atoms with Gasteiger partial charge in [-0.1, -0.05) is 24.3 Å². The summed E-state index contributed by atoms with van der Waals surface area (Å²) < 4.78 is 40.2. The first-order valence-electron chi connectivity index (χ1n) is 7.32. The summed E-state index contributed by atoms with van der Waals surface area (Å²) in [7, 11) is 0. The van der Waals surface area contributed by atoms with Crippen molar-refractivity contribution in [3.05, 3.63) is 59.2 Å². The van der Waals surface area contributed by atoms with Gasteiger partial charge in [-0.2, -0.15) is 5.26 Å². The van der Waals surface area contributed by atoms with Crippen LogP contribution in [0.4, 0.5) is 13.2 Å². The molecule has 23 heavy (non-hydrogen) atoms. The Morgan fingerprint density at radius 2 is 1.70 bits per heavy atom. The van der Waals surface area contributed by atoms with Crippen LogP contribution in [0.2, 0.25) is 0 Å². The highest BCUT2D eigenvalue weighted by atomic mass is 19.1. The van der Waals surface area contributed by atoms with Crippen molar-refractivity contribution in [1.29, 1.82) is 5.26 Å². The maximum Gasteiger partial charge on any atom is 0.129 e. The molecular formula is C18H15F3N2. The molecular weight excluding hydrogens is 301 g/mol. The fraction of sp³-hybridized carbons (Fsp3) is 0.278. The molecule has 0 radical (unpaired) electrons. The average Bonchev–Trinajstić information content (AvgIpc) is 2.53. The second-order valence-corrected chi connectivity index (χ2v) is 5.75. The Hall–Kier alpha value is -2.32. The predicted molar refractivity (Wildman–Crippen MR) is 81.6 cm³/mol. The van der Waals surface area contributed by atoms with Crippen molar-refractivity contribution < 1.29 is 13.2 Å². The van der Waals surface area contributed by atoms with Gasteiger partial charge in [0.25, 0.3) is 0 Å². The van der Waals surface area contributed by atoms with Crippen molar-refractivity contribution in [2.45, 2.75) is 24.9 Å². The molecule has 0 amide bonds. The van der Waals surface area contributed by atoms with Gasteiger partial charge in [0.2, 0.25) is 0 Å². The molecule has 3 rings (SSSR count). The van der Waals surface area contributed by atoms with E-state index in [2.05, 4.69) is 11.4 Å². The van der Waals surface area contributed by atoms with E-state index in [9.17, 15) is 13.2 Å². The Balaban J connectivity index is 1.90. The summed E-state index contributed by atoms with van der Waals surface area (Å²) in [5.74, 6) is -1.38. The van der Waals surface area contributed by atoms with Crippen LogP contribution in [0.1, 0.15) is 17.0 Å². The van der Waals surface area contributed by atoms with Gasteiger partial charge in [0.15, 0.2) is 0 Å². The van der Waals surface area contributed by atoms with Gasteiger partial charge in [0, 0.05) is 17.5 Å². The molecule has 2 aromatic carbocycles. The standard InChI is InChI=1S/C18H15F3N2/c1-10-14(20)6-13(7-15(10)21)11-2-4-12(5-3-11)18-16(8-19)23-17(18)9-22/h2-7,16-18,23H,8H2,1H3/t16-,17-,18+/m0/s1. The van der Waals surface area contributed by atoms with Gasteiger partial charge in [-0.25, -0.2) is 13.2 Å². The first-order chi connectivity index (χ1) is 11.0. The lowest BCUT2D eigenvalue weighted by atomic mass is 9.78. The second kappa shape index (κ2) is 6.05. The van der Waals surface area contributed by atoms with E-state index in [4.69, 9.17) is 5.26 Å².